The molecular formula is C10H12Br2V-6. The Morgan fingerprint density at radius 2 is 0.923 bits per heavy atom. The summed E-state index contributed by atoms with van der Waals surface area (Å²) in [5, 5.41) is 0. The molecule has 0 N–H and O–H groups in total. The van der Waals surface area contributed by atoms with Crippen LogP contribution in [0.1, 0.15) is 0 Å². The molecule has 0 aliphatic rings. The summed E-state index contributed by atoms with van der Waals surface area (Å²) >= 11 is 0. The molecule has 0 bridgehead atoms. The Morgan fingerprint density at radius 1 is 0.615 bits per heavy atom. The molecule has 0 fully saturated rings. The van der Waals surface area contributed by atoms with Gasteiger partial charge in [-0.3, -0.25) is 0 Å². The molecule has 0 saturated carbocycles. The Bertz CT molecular complexity index is 152. The molecule has 0 nitrogen and oxygen atoms in total. The molecule has 13 heavy (non-hydrogen) atoms. The summed E-state index contributed by atoms with van der Waals surface area (Å²) in [6.07, 6.45) is 0. The maximum Gasteiger partial charge on any atom is 0 e. The van der Waals surface area contributed by atoms with Crippen LogP contribution in [0.2, 0.25) is 0 Å². The predicted molar refractivity (Wildman–Crippen MR) is 64.7 cm³/mol. The second-order valence-corrected chi connectivity index (χ2v) is 1.92. The Balaban J connectivity index is -0.000000125. The normalized spacial score (nSPS) is 6.15. The number of hydrogen-bond acceptors (Lipinski definition) is 0. The van der Waals surface area contributed by atoms with Crippen LogP contribution in [0.3, 0.4) is 0 Å². The van der Waals surface area contributed by atoms with Gasteiger partial charge in [-0.2, -0.15) is 18.2 Å². The van der Waals surface area contributed by atoms with E-state index in [4.69, 9.17) is 0 Å². The number of rotatable bonds is 0. The average molecular weight is 343 g/mol. The minimum absolute atomic E-state index is 0. The zero-order valence-electron chi connectivity index (χ0n) is 7.04. The smallest absolute Gasteiger partial charge is 0 e. The Hall–Kier alpha value is 0.244. The first kappa shape index (κ1) is 18.9. The molecule has 1 radical (unpaired) electrons. The zero-order valence-corrected chi connectivity index (χ0v) is 11.9. The first-order valence-electron chi connectivity index (χ1n) is 3.33. The van der Waals surface area contributed by atoms with Crippen LogP contribution in [0, 0.1) is 0 Å². The summed E-state index contributed by atoms with van der Waals surface area (Å²) in [5.74, 6) is 0. The van der Waals surface area contributed by atoms with Gasteiger partial charge in [0.25, 0.3) is 0 Å². The molecule has 2 aromatic rings. The molecular weight excluding hydrogens is 331 g/mol. The fourth-order valence-electron chi connectivity index (χ4n) is 0.642. The Kier molecular flexibility index (Phi) is 21.5. The Labute approximate surface area is 113 Å². The van der Waals surface area contributed by atoms with Crippen molar-refractivity contribution >= 4 is 34.0 Å². The fraction of sp³-hybridized carbons (Fsp3) is 0. The van der Waals surface area contributed by atoms with E-state index in [1.807, 2.05) is 60.7 Å². The predicted octanol–water partition coefficient (Wildman–Crippen LogP) is 3.96. The van der Waals surface area contributed by atoms with Crippen molar-refractivity contribution in [1.29, 1.82) is 0 Å². The molecule has 0 aromatic heterocycles. The van der Waals surface area contributed by atoms with Crippen LogP contribution >= 0.6 is 34.0 Å². The van der Waals surface area contributed by atoms with Gasteiger partial charge in [0.05, 0.1) is 0 Å². The minimum atomic E-state index is 0. The monoisotopic (exact) mass is 341 g/mol. The van der Waals surface area contributed by atoms with Crippen LogP contribution in [0.5, 0.6) is 0 Å². The van der Waals surface area contributed by atoms with Crippen molar-refractivity contribution in [3.63, 3.8) is 0 Å². The van der Waals surface area contributed by atoms with Crippen molar-refractivity contribution in [2.24, 2.45) is 0 Å². The summed E-state index contributed by atoms with van der Waals surface area (Å²) in [7, 11) is 0. The van der Waals surface area contributed by atoms with Crippen LogP contribution in [0.15, 0.2) is 60.7 Å². The summed E-state index contributed by atoms with van der Waals surface area (Å²) in [5.41, 5.74) is 0. The molecule has 0 saturated heterocycles. The van der Waals surface area contributed by atoms with Crippen LogP contribution < -0.4 is 0 Å². The van der Waals surface area contributed by atoms with E-state index < -0.39 is 0 Å². The largest absolute Gasteiger partial charge is 0.748 e. The van der Waals surface area contributed by atoms with E-state index >= 15 is 0 Å². The number of halogens is 2. The van der Waals surface area contributed by atoms with Crippen molar-refractivity contribution in [1.82, 2.24) is 0 Å². The molecule has 2 rings (SSSR count). The third-order valence-electron chi connectivity index (χ3n) is 1.11. The van der Waals surface area contributed by atoms with Crippen molar-refractivity contribution in [3.05, 3.63) is 60.7 Å². The van der Waals surface area contributed by atoms with Crippen molar-refractivity contribution in [2.45, 2.75) is 0 Å². The van der Waals surface area contributed by atoms with E-state index in [1.165, 1.54) is 0 Å². The molecule has 0 amide bonds. The third-order valence-corrected chi connectivity index (χ3v) is 1.11. The van der Waals surface area contributed by atoms with Crippen molar-refractivity contribution in [3.8, 4) is 0 Å². The molecule has 3 heteroatoms. The van der Waals surface area contributed by atoms with Crippen LogP contribution in [-0.4, -0.2) is 0 Å². The molecule has 0 atom stereocenters. The van der Waals surface area contributed by atoms with E-state index in [0.29, 0.717) is 0 Å². The molecule has 0 heterocycles. The van der Waals surface area contributed by atoms with Gasteiger partial charge in [-0.05, 0) is 0 Å². The number of hydrogen-bond donors (Lipinski definition) is 0. The van der Waals surface area contributed by atoms with E-state index in [-0.39, 0.29) is 52.5 Å². The summed E-state index contributed by atoms with van der Waals surface area (Å²) in [6.45, 7) is 0. The van der Waals surface area contributed by atoms with Gasteiger partial charge >= 0.3 is 0 Å². The maximum atomic E-state index is 2.00. The van der Waals surface area contributed by atoms with E-state index in [2.05, 4.69) is 0 Å². The SMILES string of the molecule is Br.Br.[V].[cH-]1[cH-][cH-][cH-][cH-]1.c1cc[cH-]c1. The first-order chi connectivity index (χ1) is 5.00. The second kappa shape index (κ2) is 14.8. The summed E-state index contributed by atoms with van der Waals surface area (Å²) in [4.78, 5) is 0. The second-order valence-electron chi connectivity index (χ2n) is 1.92. The zero-order chi connectivity index (χ0) is 7.07. The molecule has 2 aromatic carbocycles. The van der Waals surface area contributed by atoms with E-state index in [9.17, 15) is 0 Å². The minimum Gasteiger partial charge on any atom is -0.748 e. The summed E-state index contributed by atoms with van der Waals surface area (Å²) < 4.78 is 0. The quantitative estimate of drug-likeness (QED) is 0.636. The maximum absolute atomic E-state index is 2.00. The fourth-order valence-corrected chi connectivity index (χ4v) is 0.642. The average Bonchev–Trinajstić information content (AvgIpc) is 2.67. The third kappa shape index (κ3) is 12.2. The van der Waals surface area contributed by atoms with Crippen molar-refractivity contribution in [2.75, 3.05) is 0 Å². The molecule has 0 aliphatic carbocycles. The van der Waals surface area contributed by atoms with Gasteiger partial charge in [0.15, 0.2) is 0 Å². The van der Waals surface area contributed by atoms with Crippen LogP contribution in [0.25, 0.3) is 0 Å². The summed E-state index contributed by atoms with van der Waals surface area (Å²) in [6, 6.07) is 20.0. The molecule has 0 unspecified atom stereocenters. The van der Waals surface area contributed by atoms with E-state index in [1.54, 1.807) is 0 Å². The van der Waals surface area contributed by atoms with Crippen LogP contribution in [-0.2, 0) is 18.6 Å². The van der Waals surface area contributed by atoms with Gasteiger partial charge in [0.2, 0.25) is 0 Å². The van der Waals surface area contributed by atoms with Crippen LogP contribution in [0.4, 0.5) is 0 Å². The first-order valence-corrected chi connectivity index (χ1v) is 3.33. The van der Waals surface area contributed by atoms with Gasteiger partial charge in [-0.1, -0.05) is 0 Å². The Morgan fingerprint density at radius 3 is 1.08 bits per heavy atom. The topological polar surface area (TPSA) is 0 Å². The molecule has 0 aliphatic heterocycles. The van der Waals surface area contributed by atoms with Gasteiger partial charge in [0, 0.05) is 18.6 Å². The van der Waals surface area contributed by atoms with Crippen molar-refractivity contribution < 1.29 is 18.6 Å². The van der Waals surface area contributed by atoms with E-state index in [0.717, 1.165) is 0 Å². The van der Waals surface area contributed by atoms with Gasteiger partial charge in [-0.25, -0.2) is 12.1 Å². The molecule has 0 spiro atoms. The van der Waals surface area contributed by atoms with Gasteiger partial charge in [0.1, 0.15) is 0 Å². The van der Waals surface area contributed by atoms with Gasteiger partial charge in [-0.15, -0.1) is 34.0 Å². The standard InChI is InChI=1S/2C5H5.2BrH.V/c2*1-2-4-5-3-1;;;/h2*1-5H;2*1H;/q-5;-1;;;. The molecule has 77 valence electrons. The van der Waals surface area contributed by atoms with Gasteiger partial charge < -0.3 is 30.3 Å².